The number of fused-ring (bicyclic) bond motifs is 1. The van der Waals surface area contributed by atoms with Gasteiger partial charge in [-0.1, -0.05) is 6.07 Å². The number of thioether (sulfide) groups is 1. The van der Waals surface area contributed by atoms with E-state index in [2.05, 4.69) is 16.4 Å². The van der Waals surface area contributed by atoms with E-state index in [0.717, 1.165) is 30.0 Å². The Morgan fingerprint density at radius 1 is 1.47 bits per heavy atom. The maximum Gasteiger partial charge on any atom is 0.327 e. The summed E-state index contributed by atoms with van der Waals surface area (Å²) in [6.45, 7) is 1.31. The van der Waals surface area contributed by atoms with Crippen LogP contribution >= 0.6 is 11.8 Å². The van der Waals surface area contributed by atoms with E-state index in [4.69, 9.17) is 5.11 Å². The highest BCUT2D eigenvalue weighted by atomic mass is 32.2. The Labute approximate surface area is 115 Å². The maximum absolute atomic E-state index is 11.0. The lowest BCUT2D eigenvalue weighted by molar-refractivity contribution is -0.140. The summed E-state index contributed by atoms with van der Waals surface area (Å²) in [5.41, 5.74) is 2.41. The summed E-state index contributed by atoms with van der Waals surface area (Å²) in [4.78, 5) is 26.4. The van der Waals surface area contributed by atoms with E-state index >= 15 is 0 Å². The van der Waals surface area contributed by atoms with E-state index in [1.165, 1.54) is 24.2 Å². The highest BCUT2D eigenvalue weighted by molar-refractivity contribution is 7.99. The van der Waals surface area contributed by atoms with Crippen LogP contribution < -0.4 is 5.32 Å². The third kappa shape index (κ3) is 3.70. The van der Waals surface area contributed by atoms with Crippen LogP contribution in [0.2, 0.25) is 0 Å². The van der Waals surface area contributed by atoms with Crippen LogP contribution in [0.3, 0.4) is 0 Å². The molecule has 0 radical (unpaired) electrons. The lowest BCUT2D eigenvalue weighted by atomic mass is 10.2. The van der Waals surface area contributed by atoms with Gasteiger partial charge in [-0.15, -0.1) is 11.8 Å². The van der Waals surface area contributed by atoms with Gasteiger partial charge in [0.1, 0.15) is 6.04 Å². The predicted octanol–water partition coefficient (Wildman–Crippen LogP) is 1.25. The molecule has 0 bridgehead atoms. The average Bonchev–Trinajstić information content (AvgIpc) is 2.80. The van der Waals surface area contributed by atoms with Crippen LogP contribution in [-0.2, 0) is 22.4 Å². The van der Waals surface area contributed by atoms with E-state index in [1.807, 2.05) is 6.07 Å². The van der Waals surface area contributed by atoms with Gasteiger partial charge in [0.05, 0.1) is 5.03 Å². The second-order valence-electron chi connectivity index (χ2n) is 4.51. The van der Waals surface area contributed by atoms with Gasteiger partial charge in [-0.25, -0.2) is 9.78 Å². The van der Waals surface area contributed by atoms with Gasteiger partial charge in [-0.05, 0) is 30.9 Å². The Morgan fingerprint density at radius 3 is 2.95 bits per heavy atom. The first kappa shape index (κ1) is 13.9. The van der Waals surface area contributed by atoms with Crippen LogP contribution in [0.5, 0.6) is 0 Å². The Bertz CT molecular complexity index is 505. The fourth-order valence-electron chi connectivity index (χ4n) is 2.07. The zero-order chi connectivity index (χ0) is 13.8. The predicted molar refractivity (Wildman–Crippen MR) is 72.2 cm³/mol. The van der Waals surface area contributed by atoms with Crippen molar-refractivity contribution < 1.29 is 14.7 Å². The maximum atomic E-state index is 11.0. The molecule has 0 saturated carbocycles. The van der Waals surface area contributed by atoms with Crippen molar-refractivity contribution >= 4 is 23.6 Å². The first-order valence-corrected chi connectivity index (χ1v) is 7.16. The molecule has 0 fully saturated rings. The minimum absolute atomic E-state index is 0.278. The lowest BCUT2D eigenvalue weighted by Crippen LogP contribution is -2.41. The topological polar surface area (TPSA) is 79.3 Å². The molecule has 1 atom stereocenters. The Balaban J connectivity index is 1.97. The van der Waals surface area contributed by atoms with Crippen LogP contribution in [0, 0.1) is 0 Å². The molecule has 102 valence electrons. The first-order valence-electron chi connectivity index (χ1n) is 6.18. The van der Waals surface area contributed by atoms with Gasteiger partial charge >= 0.3 is 5.97 Å². The third-order valence-electron chi connectivity index (χ3n) is 2.98. The smallest absolute Gasteiger partial charge is 0.327 e. The van der Waals surface area contributed by atoms with E-state index < -0.39 is 12.0 Å². The fourth-order valence-corrected chi connectivity index (χ4v) is 2.97. The van der Waals surface area contributed by atoms with E-state index in [1.54, 1.807) is 0 Å². The van der Waals surface area contributed by atoms with Gasteiger partial charge in [0.15, 0.2) is 0 Å². The molecular formula is C13H16N2O3S. The highest BCUT2D eigenvalue weighted by Crippen LogP contribution is 2.24. The van der Waals surface area contributed by atoms with Crippen molar-refractivity contribution in [2.45, 2.75) is 37.3 Å². The molecule has 2 rings (SSSR count). The van der Waals surface area contributed by atoms with Crippen molar-refractivity contribution in [1.82, 2.24) is 10.3 Å². The molecule has 5 nitrogen and oxygen atoms in total. The second-order valence-corrected chi connectivity index (χ2v) is 5.55. The van der Waals surface area contributed by atoms with Crippen molar-refractivity contribution in [2.24, 2.45) is 0 Å². The number of nitrogens with zero attached hydrogens (tertiary/aromatic N) is 1. The van der Waals surface area contributed by atoms with Crippen LogP contribution in [-0.4, -0.2) is 33.8 Å². The number of hydrogen-bond donors (Lipinski definition) is 2. The summed E-state index contributed by atoms with van der Waals surface area (Å²) in [6, 6.07) is 3.10. The van der Waals surface area contributed by atoms with Crippen molar-refractivity contribution in [1.29, 1.82) is 0 Å². The number of aryl methyl sites for hydroxylation is 2. The summed E-state index contributed by atoms with van der Waals surface area (Å²) in [5.74, 6) is -1.08. The van der Waals surface area contributed by atoms with Crippen molar-refractivity contribution in [3.8, 4) is 0 Å². The first-order chi connectivity index (χ1) is 9.06. The number of hydrogen-bond acceptors (Lipinski definition) is 4. The molecule has 2 N–H and O–H groups in total. The number of carboxylic acids is 1. The standard InChI is InChI=1S/C13H16N2O3S/c1-8(16)14-11(13(17)18)7-19-12-6-5-9-3-2-4-10(9)15-12/h5-6,11H,2-4,7H2,1H3,(H,14,16)(H,17,18)/t11-/m0/s1. The number of pyridine rings is 1. The van der Waals surface area contributed by atoms with E-state index in [9.17, 15) is 9.59 Å². The van der Waals surface area contributed by atoms with Gasteiger partial charge in [0.2, 0.25) is 5.91 Å². The Hall–Kier alpha value is -1.56. The van der Waals surface area contributed by atoms with Gasteiger partial charge in [0, 0.05) is 18.4 Å². The summed E-state index contributed by atoms with van der Waals surface area (Å²) < 4.78 is 0. The normalized spacial score (nSPS) is 14.8. The van der Waals surface area contributed by atoms with Crippen LogP contribution in [0.1, 0.15) is 24.6 Å². The number of aromatic nitrogens is 1. The van der Waals surface area contributed by atoms with Gasteiger partial charge in [-0.2, -0.15) is 0 Å². The summed E-state index contributed by atoms with van der Waals surface area (Å²) >= 11 is 1.36. The van der Waals surface area contributed by atoms with Gasteiger partial charge in [0.25, 0.3) is 0 Å². The molecule has 0 spiro atoms. The minimum atomic E-state index is -1.02. The van der Waals surface area contributed by atoms with Gasteiger partial charge in [-0.3, -0.25) is 4.79 Å². The quantitative estimate of drug-likeness (QED) is 0.794. The van der Waals surface area contributed by atoms with Crippen molar-refractivity contribution in [3.63, 3.8) is 0 Å². The monoisotopic (exact) mass is 280 g/mol. The zero-order valence-corrected chi connectivity index (χ0v) is 11.5. The molecule has 1 aliphatic rings. The molecule has 19 heavy (non-hydrogen) atoms. The number of rotatable bonds is 5. The summed E-state index contributed by atoms with van der Waals surface area (Å²) in [7, 11) is 0. The molecule has 1 aliphatic carbocycles. The average molecular weight is 280 g/mol. The van der Waals surface area contributed by atoms with Crippen LogP contribution in [0.25, 0.3) is 0 Å². The number of carbonyl (C=O) groups excluding carboxylic acids is 1. The molecule has 1 aromatic heterocycles. The summed E-state index contributed by atoms with van der Waals surface area (Å²) in [5, 5.41) is 12.2. The highest BCUT2D eigenvalue weighted by Gasteiger charge is 2.19. The minimum Gasteiger partial charge on any atom is -0.480 e. The zero-order valence-electron chi connectivity index (χ0n) is 10.7. The number of carbonyl (C=O) groups is 2. The molecular weight excluding hydrogens is 264 g/mol. The molecule has 1 aromatic rings. The largest absolute Gasteiger partial charge is 0.480 e. The molecule has 0 aromatic carbocycles. The Kier molecular flexibility index (Phi) is 4.42. The number of aliphatic carboxylic acids is 1. The van der Waals surface area contributed by atoms with E-state index in [0.29, 0.717) is 0 Å². The molecule has 6 heteroatoms. The molecule has 1 amide bonds. The summed E-state index contributed by atoms with van der Waals surface area (Å²) in [6.07, 6.45) is 3.22. The number of nitrogens with one attached hydrogen (secondary N) is 1. The van der Waals surface area contributed by atoms with Crippen LogP contribution in [0.4, 0.5) is 0 Å². The molecule has 0 unspecified atom stereocenters. The van der Waals surface area contributed by atoms with Crippen LogP contribution in [0.15, 0.2) is 17.2 Å². The third-order valence-corrected chi connectivity index (χ3v) is 4.00. The molecule has 0 aliphatic heterocycles. The second kappa shape index (κ2) is 6.06. The molecule has 1 heterocycles. The number of amides is 1. The Morgan fingerprint density at radius 2 is 2.26 bits per heavy atom. The van der Waals surface area contributed by atoms with Gasteiger partial charge < -0.3 is 10.4 Å². The SMILES string of the molecule is CC(=O)N[C@@H](CSc1ccc2c(n1)CCC2)C(=O)O. The van der Waals surface area contributed by atoms with Crippen molar-refractivity contribution in [3.05, 3.63) is 23.4 Å². The fraction of sp³-hybridized carbons (Fsp3) is 0.462. The van der Waals surface area contributed by atoms with E-state index in [-0.39, 0.29) is 11.7 Å². The van der Waals surface area contributed by atoms with Crippen molar-refractivity contribution in [2.75, 3.05) is 5.75 Å². The number of carboxylic acid groups (broad SMARTS) is 1. The molecule has 0 saturated heterocycles. The lowest BCUT2D eigenvalue weighted by Gasteiger charge is -2.12.